The van der Waals surface area contributed by atoms with Gasteiger partial charge in [0.2, 0.25) is 6.43 Å². The molecule has 0 amide bonds. The average Bonchev–Trinajstić information content (AvgIpc) is 2.29. The molecule has 2 aromatic carbocycles. The molecule has 0 bridgehead atoms. The molecule has 0 unspecified atom stereocenters. The van der Waals surface area contributed by atoms with Gasteiger partial charge in [-0.15, -0.1) is 0 Å². The molecule has 17 heavy (non-hydrogen) atoms. The zero-order valence-corrected chi connectivity index (χ0v) is 9.92. The van der Waals surface area contributed by atoms with Crippen LogP contribution in [0.2, 0.25) is 0 Å². The number of alkyl halides is 2. The molecule has 0 aliphatic heterocycles. The zero-order valence-electron chi connectivity index (χ0n) is 9.92. The normalized spacial score (nSPS) is 11.3. The van der Waals surface area contributed by atoms with Gasteiger partial charge in [-0.05, 0) is 36.1 Å². The Morgan fingerprint density at radius 1 is 1.00 bits per heavy atom. The summed E-state index contributed by atoms with van der Waals surface area (Å²) in [7, 11) is 0. The molecule has 0 spiro atoms. The Labute approximate surface area is 100 Å². The monoisotopic (exact) mass is 234 g/mol. The van der Waals surface area contributed by atoms with Crippen LogP contribution in [0.4, 0.5) is 8.78 Å². The summed E-state index contributed by atoms with van der Waals surface area (Å²) in [6.45, 7) is 2.07. The molecule has 0 heterocycles. The maximum absolute atomic E-state index is 12.0. The van der Waals surface area contributed by atoms with Crippen molar-refractivity contribution >= 4 is 10.8 Å². The standard InChI is InChI=1S/C15H16F2/c1-11-5-7-14-10-12(3-2-4-15(16)17)6-8-13(14)9-11/h5-10,15H,2-4H2,1H3. The Hall–Kier alpha value is -1.44. The van der Waals surface area contributed by atoms with E-state index >= 15 is 0 Å². The molecule has 0 nitrogen and oxygen atoms in total. The number of rotatable bonds is 4. The number of hydrogen-bond donors (Lipinski definition) is 0. The molecular formula is C15H16F2. The second-order valence-corrected chi connectivity index (χ2v) is 4.47. The summed E-state index contributed by atoms with van der Waals surface area (Å²) < 4.78 is 24.1. The van der Waals surface area contributed by atoms with Gasteiger partial charge in [-0.2, -0.15) is 0 Å². The van der Waals surface area contributed by atoms with Crippen LogP contribution in [-0.2, 0) is 6.42 Å². The lowest BCUT2D eigenvalue weighted by Gasteiger charge is -2.04. The van der Waals surface area contributed by atoms with Crippen molar-refractivity contribution in [1.29, 1.82) is 0 Å². The van der Waals surface area contributed by atoms with E-state index in [0.717, 1.165) is 12.0 Å². The lowest BCUT2D eigenvalue weighted by Crippen LogP contribution is -1.92. The first kappa shape index (κ1) is 12.0. The predicted molar refractivity (Wildman–Crippen MR) is 67.6 cm³/mol. The molecule has 0 fully saturated rings. The van der Waals surface area contributed by atoms with Gasteiger partial charge in [0.15, 0.2) is 0 Å². The van der Waals surface area contributed by atoms with E-state index in [4.69, 9.17) is 0 Å². The molecular weight excluding hydrogens is 218 g/mol. The molecule has 0 N–H and O–H groups in total. The van der Waals surface area contributed by atoms with Crippen LogP contribution in [0.15, 0.2) is 36.4 Å². The number of hydrogen-bond acceptors (Lipinski definition) is 0. The summed E-state index contributed by atoms with van der Waals surface area (Å²) in [6.07, 6.45) is -0.909. The van der Waals surface area contributed by atoms with Crippen LogP contribution in [-0.4, -0.2) is 6.43 Å². The molecule has 0 saturated carbocycles. The maximum Gasteiger partial charge on any atom is 0.238 e. The van der Waals surface area contributed by atoms with E-state index in [0.29, 0.717) is 6.42 Å². The van der Waals surface area contributed by atoms with Crippen molar-refractivity contribution in [2.45, 2.75) is 32.6 Å². The van der Waals surface area contributed by atoms with Crippen LogP contribution in [0.1, 0.15) is 24.0 Å². The third kappa shape index (κ3) is 3.26. The second-order valence-electron chi connectivity index (χ2n) is 4.47. The zero-order chi connectivity index (χ0) is 12.3. The maximum atomic E-state index is 12.0. The largest absolute Gasteiger partial charge is 0.238 e. The van der Waals surface area contributed by atoms with Gasteiger partial charge >= 0.3 is 0 Å². The molecule has 90 valence electrons. The van der Waals surface area contributed by atoms with Crippen LogP contribution in [0, 0.1) is 6.92 Å². The highest BCUT2D eigenvalue weighted by atomic mass is 19.3. The summed E-state index contributed by atoms with van der Waals surface area (Å²) in [4.78, 5) is 0. The minimum absolute atomic E-state index is 0.00800. The van der Waals surface area contributed by atoms with Crippen molar-refractivity contribution in [3.63, 3.8) is 0 Å². The summed E-state index contributed by atoms with van der Waals surface area (Å²) >= 11 is 0. The molecule has 0 saturated heterocycles. The lowest BCUT2D eigenvalue weighted by molar-refractivity contribution is 0.135. The Morgan fingerprint density at radius 2 is 1.71 bits per heavy atom. The minimum Gasteiger partial charge on any atom is -0.211 e. The SMILES string of the molecule is Cc1ccc2cc(CCCC(F)F)ccc2c1. The molecule has 0 aliphatic rings. The summed E-state index contributed by atoms with van der Waals surface area (Å²) in [5.74, 6) is 0. The Bertz CT molecular complexity index is 503. The van der Waals surface area contributed by atoms with E-state index in [9.17, 15) is 8.78 Å². The quantitative estimate of drug-likeness (QED) is 0.717. The van der Waals surface area contributed by atoms with E-state index in [1.807, 2.05) is 6.07 Å². The first-order valence-electron chi connectivity index (χ1n) is 5.92. The number of aryl methyl sites for hydroxylation is 2. The van der Waals surface area contributed by atoms with Crippen molar-refractivity contribution in [1.82, 2.24) is 0 Å². The van der Waals surface area contributed by atoms with Crippen LogP contribution < -0.4 is 0 Å². The van der Waals surface area contributed by atoms with Gasteiger partial charge in [0.05, 0.1) is 0 Å². The van der Waals surface area contributed by atoms with Crippen molar-refractivity contribution in [2.24, 2.45) is 0 Å². The van der Waals surface area contributed by atoms with Gasteiger partial charge < -0.3 is 0 Å². The van der Waals surface area contributed by atoms with E-state index in [1.165, 1.54) is 16.3 Å². The summed E-state index contributed by atoms with van der Waals surface area (Å²) in [5, 5.41) is 2.40. The highest BCUT2D eigenvalue weighted by Crippen LogP contribution is 2.19. The molecule has 0 aliphatic carbocycles. The van der Waals surface area contributed by atoms with Gasteiger partial charge in [-0.3, -0.25) is 0 Å². The van der Waals surface area contributed by atoms with Crippen LogP contribution in [0.3, 0.4) is 0 Å². The van der Waals surface area contributed by atoms with Gasteiger partial charge in [-0.25, -0.2) is 8.78 Å². The van der Waals surface area contributed by atoms with E-state index in [2.05, 4.69) is 37.3 Å². The third-order valence-electron chi connectivity index (χ3n) is 2.95. The molecule has 0 radical (unpaired) electrons. The predicted octanol–water partition coefficient (Wildman–Crippen LogP) is 4.74. The Balaban J connectivity index is 2.12. The number of halogens is 2. The lowest BCUT2D eigenvalue weighted by atomic mass is 10.0. The van der Waals surface area contributed by atoms with Gasteiger partial charge in [0.25, 0.3) is 0 Å². The molecule has 2 aromatic rings. The summed E-state index contributed by atoms with van der Waals surface area (Å²) in [6, 6.07) is 12.5. The van der Waals surface area contributed by atoms with Gasteiger partial charge in [0.1, 0.15) is 0 Å². The molecule has 0 atom stereocenters. The molecule has 0 aromatic heterocycles. The first-order valence-corrected chi connectivity index (χ1v) is 5.92. The fourth-order valence-electron chi connectivity index (χ4n) is 2.03. The number of fused-ring (bicyclic) bond motifs is 1. The van der Waals surface area contributed by atoms with Crippen molar-refractivity contribution < 1.29 is 8.78 Å². The average molecular weight is 234 g/mol. The highest BCUT2D eigenvalue weighted by molar-refractivity contribution is 5.83. The van der Waals surface area contributed by atoms with Gasteiger partial charge in [-0.1, -0.05) is 42.0 Å². The van der Waals surface area contributed by atoms with Crippen molar-refractivity contribution in [3.8, 4) is 0 Å². The van der Waals surface area contributed by atoms with Crippen molar-refractivity contribution in [2.75, 3.05) is 0 Å². The smallest absolute Gasteiger partial charge is 0.211 e. The Kier molecular flexibility index (Phi) is 3.72. The topological polar surface area (TPSA) is 0 Å². The summed E-state index contributed by atoms with van der Waals surface area (Å²) in [5.41, 5.74) is 2.38. The fraction of sp³-hybridized carbons (Fsp3) is 0.333. The van der Waals surface area contributed by atoms with Crippen molar-refractivity contribution in [3.05, 3.63) is 47.5 Å². The Morgan fingerprint density at radius 3 is 2.47 bits per heavy atom. The molecule has 2 rings (SSSR count). The third-order valence-corrected chi connectivity index (χ3v) is 2.95. The first-order chi connectivity index (χ1) is 8.15. The fourth-order valence-corrected chi connectivity index (χ4v) is 2.03. The minimum atomic E-state index is -2.18. The number of benzene rings is 2. The van der Waals surface area contributed by atoms with Crippen LogP contribution in [0.25, 0.3) is 10.8 Å². The van der Waals surface area contributed by atoms with Gasteiger partial charge in [0, 0.05) is 6.42 Å². The van der Waals surface area contributed by atoms with Crippen LogP contribution >= 0.6 is 0 Å². The van der Waals surface area contributed by atoms with Crippen LogP contribution in [0.5, 0.6) is 0 Å². The van der Waals surface area contributed by atoms with E-state index < -0.39 is 6.43 Å². The second kappa shape index (κ2) is 5.26. The highest BCUT2D eigenvalue weighted by Gasteiger charge is 2.03. The molecule has 2 heteroatoms. The van der Waals surface area contributed by atoms with E-state index in [-0.39, 0.29) is 6.42 Å². The van der Waals surface area contributed by atoms with E-state index in [1.54, 1.807) is 0 Å².